The van der Waals surface area contributed by atoms with E-state index < -0.39 is 17.7 Å². The normalized spacial score (nSPS) is 12.1. The molecule has 0 saturated heterocycles. The highest BCUT2D eigenvalue weighted by molar-refractivity contribution is 5.77. The predicted molar refractivity (Wildman–Crippen MR) is 88.2 cm³/mol. The average molecular weight is 324 g/mol. The van der Waals surface area contributed by atoms with E-state index in [2.05, 4.69) is 15.9 Å². The van der Waals surface area contributed by atoms with Gasteiger partial charge >= 0.3 is 0 Å². The molecule has 0 aliphatic rings. The first-order valence-corrected chi connectivity index (χ1v) is 7.34. The van der Waals surface area contributed by atoms with Gasteiger partial charge in [-0.3, -0.25) is 4.98 Å². The number of fused-ring (bicyclic) bond motifs is 1. The summed E-state index contributed by atoms with van der Waals surface area (Å²) in [6.07, 6.45) is 5.16. The fourth-order valence-corrected chi connectivity index (χ4v) is 2.46. The fraction of sp³-hybridized carbons (Fsp3) is 0.158. The first-order valence-electron chi connectivity index (χ1n) is 7.34. The van der Waals surface area contributed by atoms with Crippen LogP contribution in [0.5, 0.6) is 0 Å². The van der Waals surface area contributed by atoms with Gasteiger partial charge in [-0.1, -0.05) is 18.1 Å². The van der Waals surface area contributed by atoms with Gasteiger partial charge in [0, 0.05) is 12.0 Å². The van der Waals surface area contributed by atoms with Crippen molar-refractivity contribution in [3.63, 3.8) is 0 Å². The van der Waals surface area contributed by atoms with Gasteiger partial charge in [-0.15, -0.1) is 6.42 Å². The molecular formula is C19H14F2N2O. The molecule has 0 fully saturated rings. The van der Waals surface area contributed by atoms with Crippen LogP contribution < -0.4 is 0 Å². The SMILES string of the molecule is C#CC(O)Cc1ccc(-c2cnc3cc(C)ccc3n2)c(F)c1F. The van der Waals surface area contributed by atoms with Crippen molar-refractivity contribution >= 4 is 11.0 Å². The van der Waals surface area contributed by atoms with E-state index in [1.807, 2.05) is 19.1 Å². The lowest BCUT2D eigenvalue weighted by molar-refractivity contribution is 0.231. The van der Waals surface area contributed by atoms with Crippen molar-refractivity contribution in [3.8, 4) is 23.6 Å². The fourth-order valence-electron chi connectivity index (χ4n) is 2.46. The minimum Gasteiger partial charge on any atom is -0.380 e. The molecule has 3 aromatic rings. The Bertz CT molecular complexity index is 963. The molecule has 24 heavy (non-hydrogen) atoms. The largest absolute Gasteiger partial charge is 0.380 e. The summed E-state index contributed by atoms with van der Waals surface area (Å²) in [5, 5.41) is 9.41. The van der Waals surface area contributed by atoms with Crippen molar-refractivity contribution in [3.05, 3.63) is 59.3 Å². The molecule has 0 radical (unpaired) electrons. The zero-order valence-electron chi connectivity index (χ0n) is 12.9. The first kappa shape index (κ1) is 16.0. The Labute approximate surface area is 138 Å². The molecule has 1 atom stereocenters. The topological polar surface area (TPSA) is 46.0 Å². The lowest BCUT2D eigenvalue weighted by atomic mass is 10.0. The molecule has 3 nitrogen and oxygen atoms in total. The van der Waals surface area contributed by atoms with E-state index >= 15 is 0 Å². The van der Waals surface area contributed by atoms with Gasteiger partial charge < -0.3 is 5.11 Å². The van der Waals surface area contributed by atoms with Crippen molar-refractivity contribution in [2.24, 2.45) is 0 Å². The third kappa shape index (κ3) is 2.97. The number of hydrogen-bond donors (Lipinski definition) is 1. The number of hydrogen-bond acceptors (Lipinski definition) is 3. The smallest absolute Gasteiger partial charge is 0.168 e. The first-order chi connectivity index (χ1) is 11.5. The van der Waals surface area contributed by atoms with Crippen LogP contribution >= 0.6 is 0 Å². The third-order valence-corrected chi connectivity index (χ3v) is 3.74. The molecule has 2 aromatic carbocycles. The van der Waals surface area contributed by atoms with Gasteiger partial charge in [0.15, 0.2) is 11.6 Å². The second kappa shape index (κ2) is 6.34. The van der Waals surface area contributed by atoms with Gasteiger partial charge in [0.1, 0.15) is 6.10 Å². The Morgan fingerprint density at radius 3 is 2.71 bits per heavy atom. The van der Waals surface area contributed by atoms with Gasteiger partial charge in [-0.2, -0.15) is 0 Å². The highest BCUT2D eigenvalue weighted by Crippen LogP contribution is 2.26. The summed E-state index contributed by atoms with van der Waals surface area (Å²) in [5.41, 5.74) is 2.61. The lowest BCUT2D eigenvalue weighted by Crippen LogP contribution is -2.09. The number of benzene rings is 2. The Kier molecular flexibility index (Phi) is 4.24. The highest BCUT2D eigenvalue weighted by atomic mass is 19.2. The van der Waals surface area contributed by atoms with Gasteiger partial charge in [0.25, 0.3) is 0 Å². The number of aliphatic hydroxyl groups is 1. The Balaban J connectivity index is 2.05. The summed E-state index contributed by atoms with van der Waals surface area (Å²) < 4.78 is 28.6. The number of rotatable bonds is 3. The van der Waals surface area contributed by atoms with Gasteiger partial charge in [-0.05, 0) is 36.2 Å². The molecule has 0 amide bonds. The summed E-state index contributed by atoms with van der Waals surface area (Å²) in [6, 6.07) is 8.35. The van der Waals surface area contributed by atoms with Crippen LogP contribution in [-0.2, 0) is 6.42 Å². The van der Waals surface area contributed by atoms with E-state index in [0.717, 1.165) is 5.56 Å². The third-order valence-electron chi connectivity index (χ3n) is 3.74. The van der Waals surface area contributed by atoms with Crippen LogP contribution in [0.15, 0.2) is 36.5 Å². The molecule has 120 valence electrons. The molecule has 5 heteroatoms. The van der Waals surface area contributed by atoms with Crippen LogP contribution in [0.1, 0.15) is 11.1 Å². The van der Waals surface area contributed by atoms with Gasteiger partial charge in [-0.25, -0.2) is 13.8 Å². The highest BCUT2D eigenvalue weighted by Gasteiger charge is 2.17. The maximum absolute atomic E-state index is 14.4. The number of aromatic nitrogens is 2. The molecule has 0 aliphatic carbocycles. The molecule has 1 unspecified atom stereocenters. The van der Waals surface area contributed by atoms with Crippen LogP contribution in [-0.4, -0.2) is 21.2 Å². The zero-order chi connectivity index (χ0) is 17.3. The predicted octanol–water partition coefficient (Wildman–Crippen LogP) is 3.42. The Morgan fingerprint density at radius 1 is 1.17 bits per heavy atom. The molecule has 0 saturated carbocycles. The van der Waals surface area contributed by atoms with Crippen LogP contribution in [0, 0.1) is 30.9 Å². The molecule has 1 aromatic heterocycles. The van der Waals surface area contributed by atoms with Crippen LogP contribution in [0.2, 0.25) is 0 Å². The summed E-state index contributed by atoms with van der Waals surface area (Å²) >= 11 is 0. The zero-order valence-corrected chi connectivity index (χ0v) is 12.9. The second-order valence-electron chi connectivity index (χ2n) is 5.53. The van der Waals surface area contributed by atoms with Gasteiger partial charge in [0.05, 0.1) is 22.9 Å². The molecule has 1 N–H and O–H groups in total. The number of aryl methyl sites for hydroxylation is 1. The average Bonchev–Trinajstić information content (AvgIpc) is 2.58. The number of terminal acetylenes is 1. The molecule has 0 spiro atoms. The van der Waals surface area contributed by atoms with Crippen molar-refractivity contribution in [1.29, 1.82) is 0 Å². The molecule has 0 aliphatic heterocycles. The Hall–Kier alpha value is -2.84. The van der Waals surface area contributed by atoms with E-state index in [4.69, 9.17) is 6.42 Å². The number of aliphatic hydroxyl groups excluding tert-OH is 1. The van der Waals surface area contributed by atoms with Crippen molar-refractivity contribution < 1.29 is 13.9 Å². The van der Waals surface area contributed by atoms with Crippen LogP contribution in [0.25, 0.3) is 22.3 Å². The monoisotopic (exact) mass is 324 g/mol. The summed E-state index contributed by atoms with van der Waals surface area (Å²) in [7, 11) is 0. The molecular weight excluding hydrogens is 310 g/mol. The molecule has 0 bridgehead atoms. The number of halogens is 2. The summed E-state index contributed by atoms with van der Waals surface area (Å²) in [4.78, 5) is 8.60. The van der Waals surface area contributed by atoms with E-state index in [1.165, 1.54) is 18.3 Å². The van der Waals surface area contributed by atoms with Crippen molar-refractivity contribution in [2.45, 2.75) is 19.4 Å². The maximum atomic E-state index is 14.4. The quantitative estimate of drug-likeness (QED) is 0.751. The van der Waals surface area contributed by atoms with Crippen molar-refractivity contribution in [1.82, 2.24) is 9.97 Å². The van der Waals surface area contributed by atoms with Crippen LogP contribution in [0.4, 0.5) is 8.78 Å². The number of nitrogens with zero attached hydrogens (tertiary/aromatic N) is 2. The minimum absolute atomic E-state index is 0.0152. The summed E-state index contributed by atoms with van der Waals surface area (Å²) in [5.74, 6) is 0.0104. The van der Waals surface area contributed by atoms with E-state index in [0.29, 0.717) is 11.0 Å². The second-order valence-corrected chi connectivity index (χ2v) is 5.53. The van der Waals surface area contributed by atoms with Crippen LogP contribution in [0.3, 0.4) is 0 Å². The Morgan fingerprint density at radius 2 is 1.96 bits per heavy atom. The molecule has 1 heterocycles. The van der Waals surface area contributed by atoms with E-state index in [-0.39, 0.29) is 23.2 Å². The summed E-state index contributed by atoms with van der Waals surface area (Å²) in [6.45, 7) is 1.94. The van der Waals surface area contributed by atoms with E-state index in [1.54, 1.807) is 6.07 Å². The maximum Gasteiger partial charge on any atom is 0.168 e. The lowest BCUT2D eigenvalue weighted by Gasteiger charge is -2.10. The van der Waals surface area contributed by atoms with Gasteiger partial charge in [0.2, 0.25) is 0 Å². The minimum atomic E-state index is -1.16. The standard InChI is InChI=1S/C19H14F2N2O/c1-3-13(24)9-12-5-6-14(19(21)18(12)20)17-10-22-16-8-11(2)4-7-15(16)23-17/h1,4-8,10,13,24H,9H2,2H3. The van der Waals surface area contributed by atoms with Crippen molar-refractivity contribution in [2.75, 3.05) is 0 Å². The molecule has 3 rings (SSSR count). The van der Waals surface area contributed by atoms with E-state index in [9.17, 15) is 13.9 Å².